The summed E-state index contributed by atoms with van der Waals surface area (Å²) in [4.78, 5) is 11.9. The van der Waals surface area contributed by atoms with Gasteiger partial charge in [-0.3, -0.25) is 0 Å². The van der Waals surface area contributed by atoms with Crippen LogP contribution in [0.1, 0.15) is 12.5 Å². The molecule has 0 amide bonds. The number of methoxy groups -OCH3 is 1. The fourth-order valence-corrected chi connectivity index (χ4v) is 1.92. The molecule has 0 fully saturated rings. The van der Waals surface area contributed by atoms with E-state index >= 15 is 0 Å². The molecule has 0 saturated carbocycles. The fraction of sp³-hybridized carbons (Fsp3) is 0.462. The van der Waals surface area contributed by atoms with E-state index in [1.807, 2.05) is 18.2 Å². The molecule has 0 spiro atoms. The van der Waals surface area contributed by atoms with Crippen molar-refractivity contribution in [3.63, 3.8) is 0 Å². The summed E-state index contributed by atoms with van der Waals surface area (Å²) in [5.41, 5.74) is -0.119. The van der Waals surface area contributed by atoms with Gasteiger partial charge in [0.1, 0.15) is 18.8 Å². The molecular formula is C13H17NO4. The van der Waals surface area contributed by atoms with Crippen LogP contribution >= 0.6 is 0 Å². The van der Waals surface area contributed by atoms with Crippen molar-refractivity contribution in [1.82, 2.24) is 5.32 Å². The maximum absolute atomic E-state index is 11.9. The number of benzene rings is 1. The third-order valence-electron chi connectivity index (χ3n) is 3.21. The molecule has 1 aliphatic heterocycles. The van der Waals surface area contributed by atoms with Crippen molar-refractivity contribution < 1.29 is 19.0 Å². The quantitative estimate of drug-likeness (QED) is 0.814. The molecular weight excluding hydrogens is 234 g/mol. The first-order chi connectivity index (χ1) is 8.61. The Balaban J connectivity index is 2.40. The maximum Gasteiger partial charge on any atom is 0.330 e. The van der Waals surface area contributed by atoms with Crippen molar-refractivity contribution in [3.8, 4) is 11.5 Å². The first-order valence-corrected chi connectivity index (χ1v) is 5.79. The first kappa shape index (κ1) is 12.7. The van der Waals surface area contributed by atoms with E-state index in [4.69, 9.17) is 14.2 Å². The molecule has 18 heavy (non-hydrogen) atoms. The number of carbonyl (C=O) groups is 1. The van der Waals surface area contributed by atoms with Gasteiger partial charge in [0, 0.05) is 0 Å². The van der Waals surface area contributed by atoms with E-state index in [0.717, 1.165) is 5.56 Å². The van der Waals surface area contributed by atoms with Crippen molar-refractivity contribution in [1.29, 1.82) is 0 Å². The molecule has 1 atom stereocenters. The van der Waals surface area contributed by atoms with Crippen LogP contribution in [-0.2, 0) is 15.1 Å². The van der Waals surface area contributed by atoms with E-state index in [9.17, 15) is 4.79 Å². The summed E-state index contributed by atoms with van der Waals surface area (Å²) in [6.07, 6.45) is 0. The van der Waals surface area contributed by atoms with Gasteiger partial charge in [0.05, 0.1) is 7.11 Å². The van der Waals surface area contributed by atoms with Gasteiger partial charge in [-0.15, -0.1) is 0 Å². The van der Waals surface area contributed by atoms with Gasteiger partial charge in [0.2, 0.25) is 0 Å². The summed E-state index contributed by atoms with van der Waals surface area (Å²) < 4.78 is 15.8. The molecule has 0 aliphatic carbocycles. The summed E-state index contributed by atoms with van der Waals surface area (Å²) in [5.74, 6) is 1.01. The lowest BCUT2D eigenvalue weighted by Crippen LogP contribution is -2.45. The number of likely N-dealkylation sites (N-methyl/N-ethyl adjacent to an activating group) is 1. The number of nitrogens with one attached hydrogen (secondary N) is 1. The molecule has 1 heterocycles. The smallest absolute Gasteiger partial charge is 0.330 e. The first-order valence-electron chi connectivity index (χ1n) is 5.79. The van der Waals surface area contributed by atoms with Crippen LogP contribution in [0.25, 0.3) is 0 Å². The lowest BCUT2D eigenvalue weighted by atomic mass is 9.92. The Morgan fingerprint density at radius 2 is 2.00 bits per heavy atom. The fourth-order valence-electron chi connectivity index (χ4n) is 1.92. The Morgan fingerprint density at radius 3 is 2.61 bits per heavy atom. The monoisotopic (exact) mass is 251 g/mol. The Morgan fingerprint density at radius 1 is 1.33 bits per heavy atom. The Hall–Kier alpha value is -1.75. The van der Waals surface area contributed by atoms with Gasteiger partial charge in [-0.05, 0) is 31.7 Å². The van der Waals surface area contributed by atoms with E-state index < -0.39 is 5.54 Å². The SMILES string of the molecule is CNC(C)(C(=O)OC)c1ccc2c(c1)OCCO2. The van der Waals surface area contributed by atoms with E-state index in [-0.39, 0.29) is 5.97 Å². The van der Waals surface area contributed by atoms with Gasteiger partial charge in [-0.25, -0.2) is 4.79 Å². The van der Waals surface area contributed by atoms with E-state index in [1.54, 1.807) is 14.0 Å². The lowest BCUT2D eigenvalue weighted by molar-refractivity contribution is -0.148. The largest absolute Gasteiger partial charge is 0.486 e. The molecule has 1 unspecified atom stereocenters. The predicted octanol–water partition coefficient (Wildman–Crippen LogP) is 1.07. The normalized spacial score (nSPS) is 16.8. The number of carbonyl (C=O) groups excluding carboxylic acids is 1. The molecule has 1 aromatic carbocycles. The highest BCUT2D eigenvalue weighted by Crippen LogP contribution is 2.34. The van der Waals surface area contributed by atoms with Crippen LogP contribution in [0.4, 0.5) is 0 Å². The summed E-state index contributed by atoms with van der Waals surface area (Å²) in [7, 11) is 3.09. The summed E-state index contributed by atoms with van der Waals surface area (Å²) >= 11 is 0. The van der Waals surface area contributed by atoms with E-state index in [1.165, 1.54) is 7.11 Å². The van der Waals surface area contributed by atoms with Crippen LogP contribution in [0.5, 0.6) is 11.5 Å². The highest BCUT2D eigenvalue weighted by atomic mass is 16.6. The van der Waals surface area contributed by atoms with Crippen molar-refractivity contribution in [2.75, 3.05) is 27.4 Å². The number of hydrogen-bond acceptors (Lipinski definition) is 5. The Kier molecular flexibility index (Phi) is 3.43. The highest BCUT2D eigenvalue weighted by molar-refractivity contribution is 5.82. The van der Waals surface area contributed by atoms with Crippen molar-refractivity contribution in [2.45, 2.75) is 12.5 Å². The molecule has 98 valence electrons. The second kappa shape index (κ2) is 4.86. The third kappa shape index (κ3) is 2.01. The zero-order valence-corrected chi connectivity index (χ0v) is 10.8. The van der Waals surface area contributed by atoms with Gasteiger partial charge in [-0.1, -0.05) is 6.07 Å². The minimum atomic E-state index is -0.898. The van der Waals surface area contributed by atoms with Crippen molar-refractivity contribution in [3.05, 3.63) is 23.8 Å². The Bertz CT molecular complexity index is 460. The highest BCUT2D eigenvalue weighted by Gasteiger charge is 2.35. The second-order valence-electron chi connectivity index (χ2n) is 4.23. The molecule has 2 rings (SSSR count). The van der Waals surface area contributed by atoms with Gasteiger partial charge in [-0.2, -0.15) is 0 Å². The number of fused-ring (bicyclic) bond motifs is 1. The topological polar surface area (TPSA) is 56.8 Å². The van der Waals surface area contributed by atoms with Gasteiger partial charge >= 0.3 is 5.97 Å². The molecule has 0 radical (unpaired) electrons. The summed E-state index contributed by atoms with van der Waals surface area (Å²) in [6, 6.07) is 5.45. The van der Waals surface area contributed by atoms with Gasteiger partial charge in [0.25, 0.3) is 0 Å². The van der Waals surface area contributed by atoms with Gasteiger partial charge in [0.15, 0.2) is 11.5 Å². The molecule has 5 nitrogen and oxygen atoms in total. The number of ether oxygens (including phenoxy) is 3. The second-order valence-corrected chi connectivity index (χ2v) is 4.23. The average molecular weight is 251 g/mol. The minimum Gasteiger partial charge on any atom is -0.486 e. The molecule has 5 heteroatoms. The van der Waals surface area contributed by atoms with E-state index in [2.05, 4.69) is 5.32 Å². The number of rotatable bonds is 3. The van der Waals surface area contributed by atoms with Crippen LogP contribution in [0.3, 0.4) is 0 Å². The van der Waals surface area contributed by atoms with Crippen molar-refractivity contribution in [2.24, 2.45) is 0 Å². The predicted molar refractivity (Wildman–Crippen MR) is 65.9 cm³/mol. The van der Waals surface area contributed by atoms with Crippen LogP contribution in [0.15, 0.2) is 18.2 Å². The molecule has 0 saturated heterocycles. The van der Waals surface area contributed by atoms with Crippen LogP contribution in [-0.4, -0.2) is 33.3 Å². The van der Waals surface area contributed by atoms with Gasteiger partial charge < -0.3 is 19.5 Å². The standard InChI is InChI=1S/C13H17NO4/c1-13(14-2,12(15)16-3)9-4-5-10-11(8-9)18-7-6-17-10/h4-5,8,14H,6-7H2,1-3H3. The summed E-state index contributed by atoms with van der Waals surface area (Å²) in [5, 5.41) is 2.98. The molecule has 0 bridgehead atoms. The maximum atomic E-state index is 11.9. The number of esters is 1. The minimum absolute atomic E-state index is 0.346. The van der Waals surface area contributed by atoms with E-state index in [0.29, 0.717) is 24.7 Å². The lowest BCUT2D eigenvalue weighted by Gasteiger charge is -2.28. The van der Waals surface area contributed by atoms with Crippen molar-refractivity contribution >= 4 is 5.97 Å². The van der Waals surface area contributed by atoms with Crippen LogP contribution in [0.2, 0.25) is 0 Å². The molecule has 1 aliphatic rings. The zero-order chi connectivity index (χ0) is 13.2. The Labute approximate surface area is 106 Å². The summed E-state index contributed by atoms with van der Waals surface area (Å²) in [6.45, 7) is 2.84. The van der Waals surface area contributed by atoms with Crippen LogP contribution < -0.4 is 14.8 Å². The molecule has 1 aromatic rings. The number of hydrogen-bond donors (Lipinski definition) is 1. The molecule has 0 aromatic heterocycles. The average Bonchev–Trinajstić information content (AvgIpc) is 2.44. The third-order valence-corrected chi connectivity index (χ3v) is 3.21. The molecule has 1 N–H and O–H groups in total. The van der Waals surface area contributed by atoms with Crippen LogP contribution in [0, 0.1) is 0 Å². The zero-order valence-electron chi connectivity index (χ0n) is 10.8.